The summed E-state index contributed by atoms with van der Waals surface area (Å²) in [5.74, 6) is -5.83. The van der Waals surface area contributed by atoms with Crippen LogP contribution < -0.4 is 5.32 Å². The van der Waals surface area contributed by atoms with Crippen molar-refractivity contribution in [3.05, 3.63) is 35.1 Å². The molecule has 0 saturated carbocycles. The van der Waals surface area contributed by atoms with Gasteiger partial charge in [-0.25, -0.2) is 13.2 Å². The highest BCUT2D eigenvalue weighted by atomic mass is 19.2. The zero-order valence-electron chi connectivity index (χ0n) is 12.0. The lowest BCUT2D eigenvalue weighted by Crippen LogP contribution is -2.40. The van der Waals surface area contributed by atoms with E-state index in [0.717, 1.165) is 31.7 Å². The molecule has 0 aromatic heterocycles. The largest absolute Gasteiger partial charge is 0.343 e. The zero-order valence-corrected chi connectivity index (χ0v) is 12.0. The van der Waals surface area contributed by atoms with Crippen molar-refractivity contribution in [1.82, 2.24) is 10.2 Å². The van der Waals surface area contributed by atoms with Crippen LogP contribution in [0.4, 0.5) is 13.2 Å². The van der Waals surface area contributed by atoms with Gasteiger partial charge in [-0.05, 0) is 25.0 Å². The minimum atomic E-state index is -1.70. The summed E-state index contributed by atoms with van der Waals surface area (Å²) in [6.45, 7) is 0.972. The van der Waals surface area contributed by atoms with Gasteiger partial charge in [0.25, 0.3) is 5.91 Å². The molecular weight excluding hydrogens is 297 g/mol. The summed E-state index contributed by atoms with van der Waals surface area (Å²) in [6.07, 6.45) is 3.96. The normalized spacial score (nSPS) is 15.3. The smallest absolute Gasteiger partial charge is 0.254 e. The number of carbonyl (C=O) groups excluding carboxylic acids is 2. The lowest BCUT2D eigenvalue weighted by atomic mass is 10.2. The van der Waals surface area contributed by atoms with Crippen molar-refractivity contribution in [1.29, 1.82) is 0 Å². The van der Waals surface area contributed by atoms with Gasteiger partial charge < -0.3 is 10.2 Å². The summed E-state index contributed by atoms with van der Waals surface area (Å²) >= 11 is 0. The number of nitrogens with one attached hydrogen (secondary N) is 1. The van der Waals surface area contributed by atoms with Crippen molar-refractivity contribution >= 4 is 11.8 Å². The van der Waals surface area contributed by atoms with E-state index in [9.17, 15) is 22.8 Å². The van der Waals surface area contributed by atoms with Gasteiger partial charge >= 0.3 is 0 Å². The van der Waals surface area contributed by atoms with Crippen LogP contribution in [0.2, 0.25) is 0 Å². The highest BCUT2D eigenvalue weighted by Gasteiger charge is 2.20. The Morgan fingerprint density at radius 1 is 1.00 bits per heavy atom. The summed E-state index contributed by atoms with van der Waals surface area (Å²) in [4.78, 5) is 25.4. The second-order valence-electron chi connectivity index (χ2n) is 5.20. The zero-order chi connectivity index (χ0) is 16.1. The van der Waals surface area contributed by atoms with Gasteiger partial charge in [0, 0.05) is 13.1 Å². The van der Waals surface area contributed by atoms with Gasteiger partial charge in [0.15, 0.2) is 17.5 Å². The van der Waals surface area contributed by atoms with Gasteiger partial charge in [0.1, 0.15) is 0 Å². The fourth-order valence-electron chi connectivity index (χ4n) is 2.38. The third kappa shape index (κ3) is 3.78. The van der Waals surface area contributed by atoms with Crippen LogP contribution in [0.5, 0.6) is 0 Å². The van der Waals surface area contributed by atoms with Crippen LogP contribution in [0.3, 0.4) is 0 Å². The summed E-state index contributed by atoms with van der Waals surface area (Å²) < 4.78 is 39.4. The molecule has 22 heavy (non-hydrogen) atoms. The molecule has 2 amide bonds. The third-order valence-corrected chi connectivity index (χ3v) is 3.64. The van der Waals surface area contributed by atoms with Crippen LogP contribution in [-0.4, -0.2) is 36.3 Å². The minimum Gasteiger partial charge on any atom is -0.343 e. The summed E-state index contributed by atoms with van der Waals surface area (Å²) in [6, 6.07) is 1.52. The fourth-order valence-corrected chi connectivity index (χ4v) is 2.38. The second kappa shape index (κ2) is 7.29. The number of likely N-dealkylation sites (tertiary alicyclic amines) is 1. The van der Waals surface area contributed by atoms with Crippen molar-refractivity contribution in [3.8, 4) is 0 Å². The molecule has 2 rings (SSSR count). The van der Waals surface area contributed by atoms with E-state index in [-0.39, 0.29) is 12.5 Å². The minimum absolute atomic E-state index is 0.266. The predicted octanol–water partition coefficient (Wildman–Crippen LogP) is 2.24. The number of amides is 2. The van der Waals surface area contributed by atoms with Crippen molar-refractivity contribution in [2.24, 2.45) is 0 Å². The first-order chi connectivity index (χ1) is 10.5. The molecule has 4 nitrogen and oxygen atoms in total. The molecule has 1 aliphatic heterocycles. The molecule has 1 aromatic carbocycles. The Kier molecular flexibility index (Phi) is 5.41. The first kappa shape index (κ1) is 16.3. The Morgan fingerprint density at radius 3 is 2.27 bits per heavy atom. The molecule has 0 unspecified atom stereocenters. The van der Waals surface area contributed by atoms with Crippen molar-refractivity contribution in [3.63, 3.8) is 0 Å². The average molecular weight is 314 g/mol. The number of hydrogen-bond acceptors (Lipinski definition) is 2. The molecule has 1 saturated heterocycles. The van der Waals surface area contributed by atoms with E-state index in [1.165, 1.54) is 0 Å². The molecule has 7 heteroatoms. The third-order valence-electron chi connectivity index (χ3n) is 3.64. The standard InChI is InChI=1S/C15H17F3N2O2/c16-11-6-5-10(13(17)14(11)18)15(22)19-9-12(21)20-7-3-1-2-4-8-20/h5-6H,1-4,7-9H2,(H,19,22). The van der Waals surface area contributed by atoms with E-state index in [1.807, 2.05) is 0 Å². The van der Waals surface area contributed by atoms with E-state index < -0.39 is 28.9 Å². The molecular formula is C15H17F3N2O2. The maximum Gasteiger partial charge on any atom is 0.254 e. The van der Waals surface area contributed by atoms with Crippen molar-refractivity contribution in [2.75, 3.05) is 19.6 Å². The molecule has 0 aliphatic carbocycles. The summed E-state index contributed by atoms with van der Waals surface area (Å²) in [7, 11) is 0. The molecule has 1 heterocycles. The monoisotopic (exact) mass is 314 g/mol. The molecule has 120 valence electrons. The fraction of sp³-hybridized carbons (Fsp3) is 0.467. The van der Waals surface area contributed by atoms with E-state index in [0.29, 0.717) is 19.2 Å². The molecule has 0 bridgehead atoms. The van der Waals surface area contributed by atoms with Gasteiger partial charge in [-0.2, -0.15) is 0 Å². The predicted molar refractivity (Wildman–Crippen MR) is 73.7 cm³/mol. The average Bonchev–Trinajstić information content (AvgIpc) is 2.79. The van der Waals surface area contributed by atoms with Gasteiger partial charge in [0.05, 0.1) is 12.1 Å². The topological polar surface area (TPSA) is 49.4 Å². The lowest BCUT2D eigenvalue weighted by Gasteiger charge is -2.20. The molecule has 1 fully saturated rings. The van der Waals surface area contributed by atoms with Crippen LogP contribution >= 0.6 is 0 Å². The SMILES string of the molecule is O=C(NCC(=O)N1CCCCCC1)c1ccc(F)c(F)c1F. The molecule has 1 aliphatic rings. The van der Waals surface area contributed by atoms with Crippen LogP contribution in [-0.2, 0) is 4.79 Å². The maximum atomic E-state index is 13.5. The Labute approximate surface area is 126 Å². The number of rotatable bonds is 3. The van der Waals surface area contributed by atoms with Crippen LogP contribution in [0.25, 0.3) is 0 Å². The van der Waals surface area contributed by atoms with E-state index in [1.54, 1.807) is 4.90 Å². The lowest BCUT2D eigenvalue weighted by molar-refractivity contribution is -0.130. The molecule has 0 spiro atoms. The number of hydrogen-bond donors (Lipinski definition) is 1. The van der Waals surface area contributed by atoms with Crippen molar-refractivity contribution < 1.29 is 22.8 Å². The van der Waals surface area contributed by atoms with E-state index in [2.05, 4.69) is 5.32 Å². The first-order valence-electron chi connectivity index (χ1n) is 7.20. The van der Waals surface area contributed by atoms with E-state index in [4.69, 9.17) is 0 Å². The quantitative estimate of drug-likeness (QED) is 0.870. The van der Waals surface area contributed by atoms with Crippen LogP contribution in [0.15, 0.2) is 12.1 Å². The Morgan fingerprint density at radius 2 is 1.64 bits per heavy atom. The van der Waals surface area contributed by atoms with Crippen molar-refractivity contribution in [2.45, 2.75) is 25.7 Å². The van der Waals surface area contributed by atoms with Gasteiger partial charge in [-0.3, -0.25) is 9.59 Å². The summed E-state index contributed by atoms with van der Waals surface area (Å²) in [5, 5.41) is 2.24. The van der Waals surface area contributed by atoms with Gasteiger partial charge in [-0.1, -0.05) is 12.8 Å². The van der Waals surface area contributed by atoms with Gasteiger partial charge in [0.2, 0.25) is 5.91 Å². The number of halogens is 3. The maximum absolute atomic E-state index is 13.5. The molecule has 0 atom stereocenters. The first-order valence-corrected chi connectivity index (χ1v) is 7.20. The number of benzene rings is 1. The number of carbonyl (C=O) groups is 2. The van der Waals surface area contributed by atoms with Crippen LogP contribution in [0, 0.1) is 17.5 Å². The van der Waals surface area contributed by atoms with Crippen LogP contribution in [0.1, 0.15) is 36.0 Å². The Hall–Kier alpha value is -2.05. The molecule has 0 radical (unpaired) electrons. The second-order valence-corrected chi connectivity index (χ2v) is 5.20. The molecule has 1 aromatic rings. The van der Waals surface area contributed by atoms with E-state index >= 15 is 0 Å². The Bertz CT molecular complexity index is 570. The Balaban J connectivity index is 1.95. The summed E-state index contributed by atoms with van der Waals surface area (Å²) in [5.41, 5.74) is -0.623. The molecule has 1 N–H and O–H groups in total. The van der Waals surface area contributed by atoms with Gasteiger partial charge in [-0.15, -0.1) is 0 Å². The highest BCUT2D eigenvalue weighted by molar-refractivity contribution is 5.96. The highest BCUT2D eigenvalue weighted by Crippen LogP contribution is 2.15. The number of nitrogens with zero attached hydrogens (tertiary/aromatic N) is 1.